The van der Waals surface area contributed by atoms with Crippen molar-refractivity contribution < 1.29 is 53.5 Å². The summed E-state index contributed by atoms with van der Waals surface area (Å²) >= 11 is 12.3. The molecule has 0 radical (unpaired) electrons. The second-order valence-corrected chi connectivity index (χ2v) is 18.7. The van der Waals surface area contributed by atoms with Crippen molar-refractivity contribution in [2.24, 2.45) is 0 Å². The van der Waals surface area contributed by atoms with Gasteiger partial charge in [0.1, 0.15) is 9.79 Å². The average molecular weight is 704 g/mol. The highest BCUT2D eigenvalue weighted by molar-refractivity contribution is 7.93. The summed E-state index contributed by atoms with van der Waals surface area (Å²) in [6.07, 6.45) is 0. The molecule has 2 aromatic rings. The number of carbonyl (C=O) groups is 2. The van der Waals surface area contributed by atoms with E-state index in [1.807, 2.05) is 0 Å². The van der Waals surface area contributed by atoms with Gasteiger partial charge in [0.25, 0.3) is 0 Å². The normalized spacial score (nSPS) is 27.3. The lowest BCUT2D eigenvalue weighted by Crippen LogP contribution is -2.69. The third-order valence-corrected chi connectivity index (χ3v) is 15.6. The Morgan fingerprint density at radius 1 is 0.643 bits per heavy atom. The van der Waals surface area contributed by atoms with Crippen molar-refractivity contribution in [1.29, 1.82) is 0 Å². The lowest BCUT2D eigenvalue weighted by molar-refractivity contribution is 0.0685. The second-order valence-electron chi connectivity index (χ2n) is 9.99. The number of carboxylic acids is 2. The number of hydrogen-bond acceptors (Lipinski definition) is 10. The minimum atomic E-state index is -4.93. The van der Waals surface area contributed by atoms with Gasteiger partial charge in [0.15, 0.2) is 19.7 Å². The zero-order chi connectivity index (χ0) is 31.2. The summed E-state index contributed by atoms with van der Waals surface area (Å²) in [7, 11) is -18.1. The number of fused-ring (bicyclic) bond motifs is 2. The summed E-state index contributed by atoms with van der Waals surface area (Å²) in [4.78, 5) is 21.6. The molecule has 0 unspecified atom stereocenters. The van der Waals surface area contributed by atoms with Crippen molar-refractivity contribution in [3.05, 3.63) is 57.6 Å². The van der Waals surface area contributed by atoms with Gasteiger partial charge in [-0.1, -0.05) is 23.2 Å². The molecule has 4 atom stereocenters. The minimum Gasteiger partial charge on any atom is -0.478 e. The van der Waals surface area contributed by atoms with E-state index in [2.05, 4.69) is 0 Å². The molecule has 228 valence electrons. The number of benzene rings is 2. The van der Waals surface area contributed by atoms with Crippen LogP contribution in [0.3, 0.4) is 0 Å². The first kappa shape index (κ1) is 31.1. The van der Waals surface area contributed by atoms with E-state index >= 15 is 0 Å². The molecule has 2 N–H and O–H groups in total. The summed E-state index contributed by atoms with van der Waals surface area (Å²) in [5.74, 6) is -6.53. The number of sulfonamides is 2. The predicted octanol–water partition coefficient (Wildman–Crippen LogP) is 0.416. The van der Waals surface area contributed by atoms with Crippen LogP contribution < -0.4 is 0 Å². The second kappa shape index (κ2) is 10.1. The van der Waals surface area contributed by atoms with Gasteiger partial charge < -0.3 is 10.2 Å². The number of piperazine rings is 1. The number of sulfone groups is 2. The van der Waals surface area contributed by atoms with Gasteiger partial charge in [-0.3, -0.25) is 0 Å². The van der Waals surface area contributed by atoms with Gasteiger partial charge in [0, 0.05) is 0 Å². The first-order valence-corrected chi connectivity index (χ1v) is 19.1. The Morgan fingerprint density at radius 3 is 1.19 bits per heavy atom. The Hall–Kier alpha value is -2.32. The summed E-state index contributed by atoms with van der Waals surface area (Å²) in [5.41, 5.74) is -0.948. The van der Waals surface area contributed by atoms with Crippen molar-refractivity contribution >= 4 is 74.9 Å². The summed E-state index contributed by atoms with van der Waals surface area (Å²) in [6, 6.07) is -1.00. The highest BCUT2D eigenvalue weighted by atomic mass is 35.5. The van der Waals surface area contributed by atoms with Crippen molar-refractivity contribution in [2.75, 3.05) is 23.0 Å². The highest BCUT2D eigenvalue weighted by Crippen LogP contribution is 2.44. The molecule has 0 amide bonds. The lowest BCUT2D eigenvalue weighted by Gasteiger charge is -2.49. The Labute approximate surface area is 250 Å². The molecular weight excluding hydrogens is 683 g/mol. The number of hydrogen-bond donors (Lipinski definition) is 2. The van der Waals surface area contributed by atoms with Crippen LogP contribution in [0.15, 0.2) is 46.2 Å². The fraction of sp³-hybridized carbons (Fsp3) is 0.364. The van der Waals surface area contributed by atoms with Crippen LogP contribution in [0.25, 0.3) is 0 Å². The van der Waals surface area contributed by atoms with E-state index in [0.717, 1.165) is 36.4 Å². The van der Waals surface area contributed by atoms with Crippen molar-refractivity contribution in [3.63, 3.8) is 0 Å². The van der Waals surface area contributed by atoms with Crippen LogP contribution >= 0.6 is 23.2 Å². The quantitative estimate of drug-likeness (QED) is 0.418. The largest absolute Gasteiger partial charge is 0.478 e. The Balaban J connectivity index is 1.74. The van der Waals surface area contributed by atoms with E-state index < -0.39 is 130 Å². The fourth-order valence-corrected chi connectivity index (χ4v) is 14.7. The molecule has 0 aliphatic carbocycles. The zero-order valence-corrected chi connectivity index (χ0v) is 25.6. The molecule has 3 heterocycles. The van der Waals surface area contributed by atoms with Gasteiger partial charge in [-0.2, -0.15) is 8.61 Å². The molecular formula is C22H20Cl2N2O12S4. The third-order valence-electron chi connectivity index (χ3n) is 7.36. The molecule has 3 aliphatic heterocycles. The van der Waals surface area contributed by atoms with Gasteiger partial charge in [0.2, 0.25) is 20.0 Å². The van der Waals surface area contributed by atoms with Crippen LogP contribution in [0, 0.1) is 0 Å². The average Bonchev–Trinajstić information content (AvgIpc) is 3.34. The maximum atomic E-state index is 14.1. The first-order chi connectivity index (χ1) is 19.3. The molecule has 3 aliphatic rings. The van der Waals surface area contributed by atoms with Crippen molar-refractivity contribution in [1.82, 2.24) is 8.61 Å². The maximum absolute atomic E-state index is 14.1. The molecule has 0 saturated carbocycles. The van der Waals surface area contributed by atoms with Crippen LogP contribution in [0.2, 0.25) is 10.0 Å². The predicted molar refractivity (Wildman–Crippen MR) is 147 cm³/mol. The van der Waals surface area contributed by atoms with Crippen LogP contribution in [0.5, 0.6) is 0 Å². The fourth-order valence-electron chi connectivity index (χ4n) is 5.69. The van der Waals surface area contributed by atoms with Crippen molar-refractivity contribution in [3.8, 4) is 0 Å². The molecule has 3 fully saturated rings. The number of carboxylic acid groups (broad SMARTS) is 2. The van der Waals surface area contributed by atoms with E-state index in [1.165, 1.54) is 0 Å². The van der Waals surface area contributed by atoms with Crippen LogP contribution in [-0.4, -0.2) is 112 Å². The van der Waals surface area contributed by atoms with E-state index in [0.29, 0.717) is 8.61 Å². The summed E-state index contributed by atoms with van der Waals surface area (Å²) < 4.78 is 109. The Kier molecular flexibility index (Phi) is 7.49. The Morgan fingerprint density at radius 2 is 0.929 bits per heavy atom. The standard InChI is InChI=1S/C22H20Cl2N2O12S4/c23-13-3-1-11(21(27)28)5-19(13)41(35,36)25-15-7-39(31,32)9-17(15)26(18-10-40(33,34)8-16(18)25)42(37,38)20-6-12(22(29)30)2-4-14(20)24/h1-6,15-18H,7-10H2,(H,27,28)(H,29,30)/t15-,16-,17+,18+. The van der Waals surface area contributed by atoms with Gasteiger partial charge in [-0.25, -0.2) is 43.3 Å². The first-order valence-electron chi connectivity index (χ1n) is 11.8. The number of halogens is 2. The molecule has 3 saturated heterocycles. The molecule has 2 aromatic carbocycles. The number of nitrogens with zero attached hydrogens (tertiary/aromatic N) is 2. The number of aromatic carboxylic acids is 2. The van der Waals surface area contributed by atoms with Crippen molar-refractivity contribution in [2.45, 2.75) is 34.0 Å². The van der Waals surface area contributed by atoms with Gasteiger partial charge in [-0.05, 0) is 36.4 Å². The summed E-state index contributed by atoms with van der Waals surface area (Å²) in [6.45, 7) is 0. The molecule has 0 aromatic heterocycles. The topological polar surface area (TPSA) is 218 Å². The van der Waals surface area contributed by atoms with Crippen LogP contribution in [-0.2, 0) is 39.7 Å². The summed E-state index contributed by atoms with van der Waals surface area (Å²) in [5, 5.41) is 17.9. The van der Waals surface area contributed by atoms with E-state index in [9.17, 15) is 53.5 Å². The van der Waals surface area contributed by atoms with Crippen LogP contribution in [0.1, 0.15) is 20.7 Å². The smallest absolute Gasteiger partial charge is 0.335 e. The molecule has 42 heavy (non-hydrogen) atoms. The van der Waals surface area contributed by atoms with E-state index in [4.69, 9.17) is 23.2 Å². The SMILES string of the molecule is O=C(O)c1ccc(Cl)c(S(=O)(=O)N2[C@@H]3CS(=O)(=O)C[C@@H]3N(S(=O)(=O)c3cc(C(=O)O)ccc3Cl)[C@H]3CS(=O)(=O)C[C@H]32)c1. The molecule has 5 rings (SSSR count). The maximum Gasteiger partial charge on any atom is 0.335 e. The highest BCUT2D eigenvalue weighted by Gasteiger charge is 2.64. The monoisotopic (exact) mass is 702 g/mol. The van der Waals surface area contributed by atoms with Crippen LogP contribution in [0.4, 0.5) is 0 Å². The lowest BCUT2D eigenvalue weighted by atomic mass is 10.0. The molecule has 20 heteroatoms. The molecule has 14 nitrogen and oxygen atoms in total. The van der Waals surface area contributed by atoms with E-state index in [-0.39, 0.29) is 0 Å². The minimum absolute atomic E-state index is 0.429. The number of rotatable bonds is 6. The van der Waals surface area contributed by atoms with E-state index in [1.54, 1.807) is 0 Å². The molecule has 0 bridgehead atoms. The Bertz CT molecular complexity index is 1800. The zero-order valence-electron chi connectivity index (χ0n) is 20.9. The van der Waals surface area contributed by atoms with Gasteiger partial charge in [-0.15, -0.1) is 0 Å². The van der Waals surface area contributed by atoms with Gasteiger partial charge in [0.05, 0.1) is 68.4 Å². The third kappa shape index (κ3) is 5.10. The van der Waals surface area contributed by atoms with Gasteiger partial charge >= 0.3 is 11.9 Å². The molecule has 0 spiro atoms.